The summed E-state index contributed by atoms with van der Waals surface area (Å²) in [5.74, 6) is 6.04. The maximum absolute atomic E-state index is 5.58. The Hall–Kier alpha value is -1.31. The summed E-state index contributed by atoms with van der Waals surface area (Å²) in [4.78, 5) is 1.21. The molecule has 3 N–H and O–H groups in total. The molecule has 0 saturated carbocycles. The van der Waals surface area contributed by atoms with E-state index in [9.17, 15) is 0 Å². The molecule has 2 aromatic rings. The highest BCUT2D eigenvalue weighted by Crippen LogP contribution is 2.21. The Morgan fingerprint density at radius 1 is 1.35 bits per heavy atom. The first kappa shape index (κ1) is 12.2. The number of anilines is 1. The molecule has 0 fully saturated rings. The molecule has 0 radical (unpaired) electrons. The van der Waals surface area contributed by atoms with E-state index in [1.165, 1.54) is 16.2 Å². The van der Waals surface area contributed by atoms with Crippen LogP contribution in [0.15, 0.2) is 29.2 Å². The fraction of sp³-hybridized carbons (Fsp3) is 0.200. The van der Waals surface area contributed by atoms with Crippen molar-refractivity contribution in [3.05, 3.63) is 29.3 Å². The second kappa shape index (κ2) is 5.85. The highest BCUT2D eigenvalue weighted by atomic mass is 32.2. The summed E-state index contributed by atoms with van der Waals surface area (Å²) in [5, 5.41) is 9.12. The minimum absolute atomic E-state index is 0.401. The lowest BCUT2D eigenvalue weighted by Gasteiger charge is -2.03. The maximum Gasteiger partial charge on any atom is 0.219 e. The van der Waals surface area contributed by atoms with E-state index in [0.29, 0.717) is 11.7 Å². The predicted molar refractivity (Wildman–Crippen MR) is 70.3 cm³/mol. The molecule has 0 aliphatic heterocycles. The Kier molecular flexibility index (Phi) is 4.18. The largest absolute Gasteiger partial charge is 0.486 e. The van der Waals surface area contributed by atoms with Gasteiger partial charge in [0.15, 0.2) is 5.01 Å². The highest BCUT2D eigenvalue weighted by Gasteiger charge is 2.03. The molecule has 1 aromatic heterocycles. The molecule has 5 nitrogen and oxygen atoms in total. The standard InChI is InChI=1S/C10H12N4OS2/c1-16-8-4-2-7(3-5-8)15-6-9-13-14-10(12-11)17-9/h2-5H,6,11H2,1H3,(H,12,14). The molecule has 1 aromatic carbocycles. The van der Waals surface area contributed by atoms with Crippen LogP contribution in [-0.2, 0) is 6.61 Å². The van der Waals surface area contributed by atoms with Crippen LogP contribution < -0.4 is 16.0 Å². The lowest BCUT2D eigenvalue weighted by molar-refractivity contribution is 0.304. The third kappa shape index (κ3) is 3.32. The second-order valence-electron chi connectivity index (χ2n) is 3.11. The first-order valence-corrected chi connectivity index (χ1v) is 6.92. The minimum atomic E-state index is 0.401. The normalized spacial score (nSPS) is 10.2. The van der Waals surface area contributed by atoms with Crippen LogP contribution >= 0.6 is 23.1 Å². The number of nitrogens with one attached hydrogen (secondary N) is 1. The lowest BCUT2D eigenvalue weighted by atomic mass is 10.3. The van der Waals surface area contributed by atoms with Gasteiger partial charge in [-0.3, -0.25) is 5.43 Å². The van der Waals surface area contributed by atoms with Gasteiger partial charge in [0.05, 0.1) is 0 Å². The highest BCUT2D eigenvalue weighted by molar-refractivity contribution is 7.98. The molecule has 0 aliphatic carbocycles. The number of aromatic nitrogens is 2. The molecular weight excluding hydrogens is 256 g/mol. The summed E-state index contributed by atoms with van der Waals surface area (Å²) in [6.45, 7) is 0.401. The van der Waals surface area contributed by atoms with Crippen LogP contribution in [0.2, 0.25) is 0 Å². The predicted octanol–water partition coefficient (Wildman–Crippen LogP) is 2.12. The van der Waals surface area contributed by atoms with Gasteiger partial charge in [-0.15, -0.1) is 22.0 Å². The zero-order valence-electron chi connectivity index (χ0n) is 9.21. The van der Waals surface area contributed by atoms with Gasteiger partial charge in [0.1, 0.15) is 12.4 Å². The molecule has 0 saturated heterocycles. The average molecular weight is 268 g/mol. The molecule has 0 aliphatic rings. The summed E-state index contributed by atoms with van der Waals surface area (Å²) in [5.41, 5.74) is 2.45. The Labute approximate surface area is 107 Å². The zero-order valence-corrected chi connectivity index (χ0v) is 10.8. The number of nitrogen functional groups attached to an aromatic ring is 1. The van der Waals surface area contributed by atoms with Crippen LogP contribution in [0.25, 0.3) is 0 Å². The SMILES string of the molecule is CSc1ccc(OCc2nnc(NN)s2)cc1. The second-order valence-corrected chi connectivity index (χ2v) is 5.05. The van der Waals surface area contributed by atoms with Crippen molar-refractivity contribution in [1.29, 1.82) is 0 Å². The quantitative estimate of drug-likeness (QED) is 0.491. The van der Waals surface area contributed by atoms with Crippen LogP contribution in [0.1, 0.15) is 5.01 Å². The zero-order chi connectivity index (χ0) is 12.1. The number of nitrogens with two attached hydrogens (primary N) is 1. The van der Waals surface area contributed by atoms with Gasteiger partial charge in [0.25, 0.3) is 0 Å². The molecule has 0 atom stereocenters. The summed E-state index contributed by atoms with van der Waals surface area (Å²) >= 11 is 3.07. The molecule has 0 spiro atoms. The van der Waals surface area contributed by atoms with E-state index in [4.69, 9.17) is 10.6 Å². The van der Waals surface area contributed by atoms with E-state index >= 15 is 0 Å². The fourth-order valence-electron chi connectivity index (χ4n) is 1.19. The van der Waals surface area contributed by atoms with Crippen LogP contribution in [0, 0.1) is 0 Å². The van der Waals surface area contributed by atoms with Crippen molar-refractivity contribution in [1.82, 2.24) is 10.2 Å². The van der Waals surface area contributed by atoms with Crippen LogP contribution in [0.3, 0.4) is 0 Å². The number of nitrogens with zero attached hydrogens (tertiary/aromatic N) is 2. The molecule has 0 amide bonds. The van der Waals surface area contributed by atoms with Gasteiger partial charge in [-0.2, -0.15) is 0 Å². The van der Waals surface area contributed by atoms with Gasteiger partial charge >= 0.3 is 0 Å². The van der Waals surface area contributed by atoms with Crippen molar-refractivity contribution >= 4 is 28.2 Å². The summed E-state index contributed by atoms with van der Waals surface area (Å²) in [6, 6.07) is 7.92. The van der Waals surface area contributed by atoms with Gasteiger partial charge in [0.2, 0.25) is 5.13 Å². The third-order valence-electron chi connectivity index (χ3n) is 2.01. The molecule has 0 bridgehead atoms. The summed E-state index contributed by atoms with van der Waals surface area (Å²) in [7, 11) is 0. The van der Waals surface area contributed by atoms with Crippen molar-refractivity contribution in [3.8, 4) is 5.75 Å². The summed E-state index contributed by atoms with van der Waals surface area (Å²) < 4.78 is 5.58. The number of rotatable bonds is 5. The van der Waals surface area contributed by atoms with E-state index in [2.05, 4.69) is 15.6 Å². The number of benzene rings is 1. The van der Waals surface area contributed by atoms with Crippen molar-refractivity contribution in [2.45, 2.75) is 11.5 Å². The number of hydrogen-bond donors (Lipinski definition) is 2. The number of ether oxygens (including phenoxy) is 1. The van der Waals surface area contributed by atoms with Crippen molar-refractivity contribution in [2.75, 3.05) is 11.7 Å². The molecule has 7 heteroatoms. The average Bonchev–Trinajstić information content (AvgIpc) is 2.85. The molecule has 17 heavy (non-hydrogen) atoms. The van der Waals surface area contributed by atoms with E-state index in [1.54, 1.807) is 11.8 Å². The Morgan fingerprint density at radius 3 is 2.71 bits per heavy atom. The van der Waals surface area contributed by atoms with Gasteiger partial charge in [-0.25, -0.2) is 5.84 Å². The topological polar surface area (TPSA) is 73.1 Å². The van der Waals surface area contributed by atoms with Crippen LogP contribution in [0.5, 0.6) is 5.75 Å². The Balaban J connectivity index is 1.92. The van der Waals surface area contributed by atoms with E-state index in [0.717, 1.165) is 10.8 Å². The molecule has 1 heterocycles. The van der Waals surface area contributed by atoms with Gasteiger partial charge in [-0.05, 0) is 30.5 Å². The number of thioether (sulfide) groups is 1. The first-order chi connectivity index (χ1) is 8.31. The van der Waals surface area contributed by atoms with Gasteiger partial charge < -0.3 is 4.74 Å². The monoisotopic (exact) mass is 268 g/mol. The third-order valence-corrected chi connectivity index (χ3v) is 3.58. The maximum atomic E-state index is 5.58. The molecule has 2 rings (SSSR count). The van der Waals surface area contributed by atoms with Gasteiger partial charge in [0, 0.05) is 4.90 Å². The fourth-order valence-corrected chi connectivity index (χ4v) is 2.16. The summed E-state index contributed by atoms with van der Waals surface area (Å²) in [6.07, 6.45) is 2.04. The van der Waals surface area contributed by atoms with E-state index < -0.39 is 0 Å². The Bertz CT molecular complexity index is 471. The number of hydrazine groups is 1. The molecular formula is C10H12N4OS2. The van der Waals surface area contributed by atoms with E-state index in [-0.39, 0.29) is 0 Å². The van der Waals surface area contributed by atoms with Crippen molar-refractivity contribution in [3.63, 3.8) is 0 Å². The first-order valence-electron chi connectivity index (χ1n) is 4.87. The minimum Gasteiger partial charge on any atom is -0.486 e. The molecule has 0 unspecified atom stereocenters. The molecule has 90 valence electrons. The van der Waals surface area contributed by atoms with Crippen LogP contribution in [-0.4, -0.2) is 16.5 Å². The smallest absolute Gasteiger partial charge is 0.219 e. The Morgan fingerprint density at radius 2 is 2.12 bits per heavy atom. The number of hydrogen-bond acceptors (Lipinski definition) is 7. The van der Waals surface area contributed by atoms with E-state index in [1.807, 2.05) is 30.5 Å². The van der Waals surface area contributed by atoms with Crippen molar-refractivity contribution in [2.24, 2.45) is 5.84 Å². The van der Waals surface area contributed by atoms with Gasteiger partial charge in [-0.1, -0.05) is 11.3 Å². The van der Waals surface area contributed by atoms with Crippen LogP contribution in [0.4, 0.5) is 5.13 Å². The lowest BCUT2D eigenvalue weighted by Crippen LogP contribution is -2.05. The van der Waals surface area contributed by atoms with Crippen molar-refractivity contribution < 1.29 is 4.74 Å².